The van der Waals surface area contributed by atoms with Crippen LogP contribution in [0.4, 0.5) is 5.13 Å². The normalized spacial score (nSPS) is 10.7. The summed E-state index contributed by atoms with van der Waals surface area (Å²) in [5, 5.41) is 14.4. The summed E-state index contributed by atoms with van der Waals surface area (Å²) in [6.45, 7) is 4.92. The largest absolute Gasteiger partial charge is 0.360 e. The van der Waals surface area contributed by atoms with Gasteiger partial charge < -0.3 is 5.32 Å². The monoisotopic (exact) mass is 302 g/mol. The van der Waals surface area contributed by atoms with Gasteiger partial charge in [0.25, 0.3) is 0 Å². The van der Waals surface area contributed by atoms with E-state index in [1.54, 1.807) is 22.7 Å². The fourth-order valence-corrected chi connectivity index (χ4v) is 3.84. The standard InChI is InChI=1S/C14H14N4S2/c1-3-15-14-18-17-13(20-14)11-9(2)16-12(19-11)10-7-5-4-6-8-10/h4-8H,3H2,1-2H3,(H,15,18). The zero-order valence-corrected chi connectivity index (χ0v) is 12.9. The van der Waals surface area contributed by atoms with E-state index < -0.39 is 0 Å². The van der Waals surface area contributed by atoms with Gasteiger partial charge in [-0.05, 0) is 13.8 Å². The molecule has 0 aliphatic rings. The van der Waals surface area contributed by atoms with Gasteiger partial charge in [-0.1, -0.05) is 41.7 Å². The predicted octanol–water partition coefficient (Wildman–Crippen LogP) is 4.07. The third-order valence-electron chi connectivity index (χ3n) is 2.76. The number of aryl methyl sites for hydroxylation is 1. The van der Waals surface area contributed by atoms with E-state index in [2.05, 4.69) is 32.6 Å². The van der Waals surface area contributed by atoms with Crippen molar-refractivity contribution in [3.63, 3.8) is 0 Å². The van der Waals surface area contributed by atoms with Gasteiger partial charge in [-0.25, -0.2) is 4.98 Å². The van der Waals surface area contributed by atoms with Crippen LogP contribution < -0.4 is 5.32 Å². The van der Waals surface area contributed by atoms with Crippen LogP contribution in [0.3, 0.4) is 0 Å². The minimum atomic E-state index is 0.853. The van der Waals surface area contributed by atoms with Crippen molar-refractivity contribution in [1.29, 1.82) is 0 Å². The van der Waals surface area contributed by atoms with Crippen LogP contribution in [0, 0.1) is 6.92 Å². The van der Waals surface area contributed by atoms with Gasteiger partial charge in [-0.3, -0.25) is 0 Å². The molecular weight excluding hydrogens is 288 g/mol. The molecule has 4 nitrogen and oxygen atoms in total. The highest BCUT2D eigenvalue weighted by atomic mass is 32.1. The van der Waals surface area contributed by atoms with Crippen LogP contribution in [0.5, 0.6) is 0 Å². The Bertz CT molecular complexity index is 703. The van der Waals surface area contributed by atoms with Crippen molar-refractivity contribution < 1.29 is 0 Å². The Balaban J connectivity index is 1.96. The molecule has 0 aliphatic heterocycles. The van der Waals surface area contributed by atoms with E-state index >= 15 is 0 Å². The van der Waals surface area contributed by atoms with Crippen molar-refractivity contribution in [2.75, 3.05) is 11.9 Å². The summed E-state index contributed by atoms with van der Waals surface area (Å²) < 4.78 is 0. The summed E-state index contributed by atoms with van der Waals surface area (Å²) in [7, 11) is 0. The van der Waals surface area contributed by atoms with Crippen molar-refractivity contribution in [3.05, 3.63) is 36.0 Å². The lowest BCUT2D eigenvalue weighted by Crippen LogP contribution is -1.94. The smallest absolute Gasteiger partial charge is 0.206 e. The van der Waals surface area contributed by atoms with Gasteiger partial charge in [0, 0.05) is 12.1 Å². The highest BCUT2D eigenvalue weighted by molar-refractivity contribution is 7.24. The number of nitrogens with zero attached hydrogens (tertiary/aromatic N) is 3. The molecule has 0 bridgehead atoms. The van der Waals surface area contributed by atoms with E-state index in [-0.39, 0.29) is 0 Å². The average Bonchev–Trinajstić information content (AvgIpc) is 3.07. The average molecular weight is 302 g/mol. The van der Waals surface area contributed by atoms with Gasteiger partial charge in [0.15, 0.2) is 5.01 Å². The van der Waals surface area contributed by atoms with Gasteiger partial charge >= 0.3 is 0 Å². The zero-order chi connectivity index (χ0) is 13.9. The Hall–Kier alpha value is -1.79. The van der Waals surface area contributed by atoms with Gasteiger partial charge in [-0.2, -0.15) is 0 Å². The maximum atomic E-state index is 4.65. The van der Waals surface area contributed by atoms with Crippen molar-refractivity contribution in [3.8, 4) is 20.5 Å². The SMILES string of the molecule is CCNc1nnc(-c2sc(-c3ccccc3)nc2C)s1. The molecule has 0 radical (unpaired) electrons. The van der Waals surface area contributed by atoms with Gasteiger partial charge in [-0.15, -0.1) is 21.5 Å². The summed E-state index contributed by atoms with van der Waals surface area (Å²) >= 11 is 3.24. The molecule has 0 unspecified atom stereocenters. The molecule has 2 heterocycles. The summed E-state index contributed by atoms with van der Waals surface area (Å²) in [4.78, 5) is 5.75. The van der Waals surface area contributed by atoms with Crippen LogP contribution in [0.15, 0.2) is 30.3 Å². The number of aromatic nitrogens is 3. The van der Waals surface area contributed by atoms with E-state index in [1.165, 1.54) is 0 Å². The van der Waals surface area contributed by atoms with Gasteiger partial charge in [0.05, 0.1) is 10.6 Å². The van der Waals surface area contributed by atoms with Crippen LogP contribution in [0.2, 0.25) is 0 Å². The van der Waals surface area contributed by atoms with Crippen molar-refractivity contribution in [2.24, 2.45) is 0 Å². The van der Waals surface area contributed by atoms with Gasteiger partial charge in [0.2, 0.25) is 5.13 Å². The summed E-state index contributed by atoms with van der Waals surface area (Å²) in [6, 6.07) is 10.2. The van der Waals surface area contributed by atoms with Crippen molar-refractivity contribution in [2.45, 2.75) is 13.8 Å². The molecule has 0 atom stereocenters. The minimum Gasteiger partial charge on any atom is -0.360 e. The Morgan fingerprint density at radius 2 is 1.85 bits per heavy atom. The Morgan fingerprint density at radius 3 is 2.60 bits per heavy atom. The molecule has 0 saturated heterocycles. The molecule has 20 heavy (non-hydrogen) atoms. The van der Waals surface area contributed by atoms with Crippen molar-refractivity contribution in [1.82, 2.24) is 15.2 Å². The second-order valence-electron chi connectivity index (χ2n) is 4.24. The molecular formula is C14H14N4S2. The summed E-state index contributed by atoms with van der Waals surface area (Å²) in [6.07, 6.45) is 0. The maximum absolute atomic E-state index is 4.65. The lowest BCUT2D eigenvalue weighted by molar-refractivity contribution is 1.07. The molecule has 0 amide bonds. The molecule has 6 heteroatoms. The number of nitrogens with one attached hydrogen (secondary N) is 1. The maximum Gasteiger partial charge on any atom is 0.206 e. The number of hydrogen-bond donors (Lipinski definition) is 1. The highest BCUT2D eigenvalue weighted by Gasteiger charge is 2.15. The third-order valence-corrected chi connectivity index (χ3v) is 5.01. The van der Waals surface area contributed by atoms with Crippen LogP contribution in [0.1, 0.15) is 12.6 Å². The summed E-state index contributed by atoms with van der Waals surface area (Å²) in [5.74, 6) is 0. The fraction of sp³-hybridized carbons (Fsp3) is 0.214. The molecule has 0 spiro atoms. The zero-order valence-electron chi connectivity index (χ0n) is 11.3. The second-order valence-corrected chi connectivity index (χ2v) is 6.22. The first kappa shape index (κ1) is 13.2. The lowest BCUT2D eigenvalue weighted by Gasteiger charge is -1.92. The van der Waals surface area contributed by atoms with E-state index in [0.717, 1.165) is 37.8 Å². The minimum absolute atomic E-state index is 0.853. The van der Waals surface area contributed by atoms with E-state index in [0.29, 0.717) is 0 Å². The number of benzene rings is 1. The van der Waals surface area contributed by atoms with E-state index in [9.17, 15) is 0 Å². The third kappa shape index (κ3) is 2.57. The van der Waals surface area contributed by atoms with Crippen LogP contribution in [-0.4, -0.2) is 21.7 Å². The topological polar surface area (TPSA) is 50.7 Å². The quantitative estimate of drug-likeness (QED) is 0.789. The molecule has 3 rings (SSSR count). The van der Waals surface area contributed by atoms with Crippen LogP contribution in [-0.2, 0) is 0 Å². The molecule has 0 aliphatic carbocycles. The number of thiazole rings is 1. The molecule has 0 fully saturated rings. The molecule has 0 saturated carbocycles. The summed E-state index contributed by atoms with van der Waals surface area (Å²) in [5.41, 5.74) is 2.15. The van der Waals surface area contributed by atoms with Crippen LogP contribution >= 0.6 is 22.7 Å². The van der Waals surface area contributed by atoms with Crippen molar-refractivity contribution >= 4 is 27.8 Å². The first-order chi connectivity index (χ1) is 9.78. The molecule has 1 aromatic carbocycles. The number of rotatable bonds is 4. The number of hydrogen-bond acceptors (Lipinski definition) is 6. The first-order valence-electron chi connectivity index (χ1n) is 6.38. The fourth-order valence-electron chi connectivity index (χ4n) is 1.84. The number of anilines is 1. The van der Waals surface area contributed by atoms with E-state index in [4.69, 9.17) is 0 Å². The van der Waals surface area contributed by atoms with Crippen LogP contribution in [0.25, 0.3) is 20.5 Å². The Labute approximate surface area is 125 Å². The Morgan fingerprint density at radius 1 is 1.05 bits per heavy atom. The first-order valence-corrected chi connectivity index (χ1v) is 8.02. The lowest BCUT2D eigenvalue weighted by atomic mass is 10.2. The van der Waals surface area contributed by atoms with E-state index in [1.807, 2.05) is 32.0 Å². The molecule has 1 N–H and O–H groups in total. The van der Waals surface area contributed by atoms with Gasteiger partial charge in [0.1, 0.15) is 5.01 Å². The predicted molar refractivity (Wildman–Crippen MR) is 85.4 cm³/mol. The highest BCUT2D eigenvalue weighted by Crippen LogP contribution is 2.37. The molecule has 2 aromatic heterocycles. The molecule has 102 valence electrons. The Kier molecular flexibility index (Phi) is 3.75. The second kappa shape index (κ2) is 5.68. The molecule has 3 aromatic rings.